The van der Waals surface area contributed by atoms with Crippen molar-refractivity contribution in [2.45, 2.75) is 6.10 Å². The summed E-state index contributed by atoms with van der Waals surface area (Å²) in [6, 6.07) is 10.5. The monoisotopic (exact) mass is 352 g/mol. The number of halogens is 1. The standard InChI is InChI=1S/C14H13BrN2O4/c15-10-5-6-11(9-4-2-1-3-8(9)10)17-14(21)16-7-12(18)13(19)20/h1-6,12,18H,7H2,(H,19,20)(H2,16,17,21)/t12-/m0/s1. The Morgan fingerprint density at radius 3 is 2.48 bits per heavy atom. The number of fused-ring (bicyclic) bond motifs is 1. The van der Waals surface area contributed by atoms with Gasteiger partial charge in [-0.1, -0.05) is 40.2 Å². The summed E-state index contributed by atoms with van der Waals surface area (Å²) in [4.78, 5) is 22.2. The predicted octanol–water partition coefficient (Wildman–Crippen LogP) is 2.17. The van der Waals surface area contributed by atoms with Crippen molar-refractivity contribution in [3.63, 3.8) is 0 Å². The Labute approximate surface area is 128 Å². The molecule has 0 bridgehead atoms. The molecule has 0 aliphatic rings. The molecule has 1 atom stereocenters. The summed E-state index contributed by atoms with van der Waals surface area (Å²) in [6.45, 7) is -0.365. The van der Waals surface area contributed by atoms with E-state index in [4.69, 9.17) is 10.2 Å². The first-order valence-electron chi connectivity index (χ1n) is 6.12. The summed E-state index contributed by atoms with van der Waals surface area (Å²) in [6.07, 6.45) is -1.63. The average molecular weight is 353 g/mol. The number of aliphatic hydroxyl groups excluding tert-OH is 1. The van der Waals surface area contributed by atoms with Gasteiger partial charge >= 0.3 is 12.0 Å². The number of benzene rings is 2. The van der Waals surface area contributed by atoms with Crippen molar-refractivity contribution >= 4 is 44.4 Å². The first-order valence-corrected chi connectivity index (χ1v) is 6.91. The number of hydrogen-bond acceptors (Lipinski definition) is 3. The van der Waals surface area contributed by atoms with E-state index in [0.29, 0.717) is 5.69 Å². The van der Waals surface area contributed by atoms with Crippen LogP contribution in [0.25, 0.3) is 10.8 Å². The second kappa shape index (κ2) is 6.55. The molecule has 0 fully saturated rings. The van der Waals surface area contributed by atoms with Crippen molar-refractivity contribution in [2.24, 2.45) is 0 Å². The van der Waals surface area contributed by atoms with Crippen LogP contribution in [0.4, 0.5) is 10.5 Å². The van der Waals surface area contributed by atoms with E-state index in [1.54, 1.807) is 6.07 Å². The van der Waals surface area contributed by atoms with Crippen LogP contribution in [0, 0.1) is 0 Å². The molecule has 0 saturated heterocycles. The minimum Gasteiger partial charge on any atom is -0.479 e. The number of nitrogens with one attached hydrogen (secondary N) is 2. The molecule has 2 rings (SSSR count). The van der Waals surface area contributed by atoms with Crippen molar-refractivity contribution < 1.29 is 19.8 Å². The lowest BCUT2D eigenvalue weighted by Crippen LogP contribution is -2.38. The first-order chi connectivity index (χ1) is 9.99. The maximum atomic E-state index is 11.7. The highest BCUT2D eigenvalue weighted by molar-refractivity contribution is 9.10. The minimum absolute atomic E-state index is 0.365. The van der Waals surface area contributed by atoms with Gasteiger partial charge in [-0.15, -0.1) is 0 Å². The second-order valence-electron chi connectivity index (χ2n) is 4.33. The van der Waals surface area contributed by atoms with Gasteiger partial charge in [-0.05, 0) is 17.5 Å². The lowest BCUT2D eigenvalue weighted by atomic mass is 10.1. The van der Waals surface area contributed by atoms with Crippen LogP contribution < -0.4 is 10.6 Å². The number of carbonyl (C=O) groups is 2. The SMILES string of the molecule is O=C(NC[C@H](O)C(=O)O)Nc1ccc(Br)c2ccccc12. The Morgan fingerprint density at radius 1 is 1.14 bits per heavy atom. The predicted molar refractivity (Wildman–Crippen MR) is 82.3 cm³/mol. The van der Waals surface area contributed by atoms with Gasteiger partial charge in [0.15, 0.2) is 6.10 Å². The van der Waals surface area contributed by atoms with Crippen molar-refractivity contribution in [2.75, 3.05) is 11.9 Å². The van der Waals surface area contributed by atoms with Gasteiger partial charge in [0.1, 0.15) is 0 Å². The minimum atomic E-state index is -1.63. The van der Waals surface area contributed by atoms with Crippen LogP contribution in [0.5, 0.6) is 0 Å². The quantitative estimate of drug-likeness (QED) is 0.677. The number of hydrogen-bond donors (Lipinski definition) is 4. The molecule has 0 heterocycles. The topological polar surface area (TPSA) is 98.7 Å². The van der Waals surface area contributed by atoms with E-state index in [0.717, 1.165) is 15.2 Å². The van der Waals surface area contributed by atoms with E-state index < -0.39 is 18.1 Å². The number of aliphatic hydroxyl groups is 1. The summed E-state index contributed by atoms with van der Waals surface area (Å²) < 4.78 is 0.908. The summed E-state index contributed by atoms with van der Waals surface area (Å²) in [5.74, 6) is -1.38. The molecule has 110 valence electrons. The van der Waals surface area contributed by atoms with Crippen molar-refractivity contribution in [3.05, 3.63) is 40.9 Å². The molecule has 0 aromatic heterocycles. The maximum absolute atomic E-state index is 11.7. The number of carbonyl (C=O) groups excluding carboxylic acids is 1. The molecule has 0 spiro atoms. The van der Waals surface area contributed by atoms with E-state index in [-0.39, 0.29) is 6.54 Å². The number of anilines is 1. The van der Waals surface area contributed by atoms with E-state index in [9.17, 15) is 9.59 Å². The van der Waals surface area contributed by atoms with Gasteiger partial charge in [-0.2, -0.15) is 0 Å². The van der Waals surface area contributed by atoms with Crippen LogP contribution in [0.3, 0.4) is 0 Å². The van der Waals surface area contributed by atoms with Crippen molar-refractivity contribution in [1.29, 1.82) is 0 Å². The van der Waals surface area contributed by atoms with Gasteiger partial charge in [0.05, 0.1) is 12.2 Å². The van der Waals surface area contributed by atoms with Crippen LogP contribution >= 0.6 is 15.9 Å². The molecule has 0 radical (unpaired) electrons. The largest absolute Gasteiger partial charge is 0.479 e. The van der Waals surface area contributed by atoms with Gasteiger partial charge in [-0.3, -0.25) is 0 Å². The molecule has 4 N–H and O–H groups in total. The third kappa shape index (κ3) is 3.71. The molecule has 2 aromatic carbocycles. The summed E-state index contributed by atoms with van der Waals surface area (Å²) in [7, 11) is 0. The second-order valence-corrected chi connectivity index (χ2v) is 5.18. The molecule has 2 aromatic rings. The van der Waals surface area contributed by atoms with Crippen LogP contribution in [0.1, 0.15) is 0 Å². The third-order valence-corrected chi connectivity index (χ3v) is 3.55. The van der Waals surface area contributed by atoms with Gasteiger partial charge < -0.3 is 20.8 Å². The summed E-state index contributed by atoms with van der Waals surface area (Å²) in [5.41, 5.74) is 0.594. The fourth-order valence-electron chi connectivity index (χ4n) is 1.81. The fraction of sp³-hybridized carbons (Fsp3) is 0.143. The van der Waals surface area contributed by atoms with Gasteiger partial charge in [-0.25, -0.2) is 9.59 Å². The molecule has 0 aliphatic carbocycles. The molecule has 0 saturated carbocycles. The number of rotatable bonds is 4. The van der Waals surface area contributed by atoms with Crippen LogP contribution in [0.2, 0.25) is 0 Å². The van der Waals surface area contributed by atoms with E-state index in [1.165, 1.54) is 0 Å². The van der Waals surface area contributed by atoms with Crippen molar-refractivity contribution in [1.82, 2.24) is 5.32 Å². The van der Waals surface area contributed by atoms with E-state index >= 15 is 0 Å². The molecule has 0 unspecified atom stereocenters. The first kappa shape index (κ1) is 15.3. The molecular weight excluding hydrogens is 340 g/mol. The highest BCUT2D eigenvalue weighted by atomic mass is 79.9. The van der Waals surface area contributed by atoms with Crippen LogP contribution in [-0.4, -0.2) is 34.9 Å². The van der Waals surface area contributed by atoms with Gasteiger partial charge in [0.2, 0.25) is 0 Å². The molecule has 7 heteroatoms. The lowest BCUT2D eigenvalue weighted by Gasteiger charge is -2.12. The fourth-order valence-corrected chi connectivity index (χ4v) is 2.29. The zero-order chi connectivity index (χ0) is 15.4. The number of carboxylic acid groups (broad SMARTS) is 1. The number of carboxylic acids is 1. The van der Waals surface area contributed by atoms with Gasteiger partial charge in [0, 0.05) is 9.86 Å². The molecule has 21 heavy (non-hydrogen) atoms. The molecule has 2 amide bonds. The Bertz CT molecular complexity index is 690. The Hall–Kier alpha value is -2.12. The lowest BCUT2D eigenvalue weighted by molar-refractivity contribution is -0.146. The zero-order valence-corrected chi connectivity index (χ0v) is 12.4. The highest BCUT2D eigenvalue weighted by Gasteiger charge is 2.14. The Morgan fingerprint density at radius 2 is 1.81 bits per heavy atom. The normalized spacial score (nSPS) is 11.9. The van der Waals surface area contributed by atoms with E-state index in [2.05, 4.69) is 26.6 Å². The average Bonchev–Trinajstić information content (AvgIpc) is 2.48. The molecule has 0 aliphatic heterocycles. The number of amides is 2. The zero-order valence-electron chi connectivity index (χ0n) is 10.8. The highest BCUT2D eigenvalue weighted by Crippen LogP contribution is 2.29. The number of aliphatic carboxylic acids is 1. The van der Waals surface area contributed by atoms with E-state index in [1.807, 2.05) is 30.3 Å². The summed E-state index contributed by atoms with van der Waals surface area (Å²) >= 11 is 3.44. The van der Waals surface area contributed by atoms with Crippen LogP contribution in [-0.2, 0) is 4.79 Å². The summed E-state index contributed by atoms with van der Waals surface area (Å²) in [5, 5.41) is 24.4. The molecule has 6 nitrogen and oxygen atoms in total. The Balaban J connectivity index is 2.11. The molecular formula is C14H13BrN2O4. The van der Waals surface area contributed by atoms with Crippen LogP contribution in [0.15, 0.2) is 40.9 Å². The van der Waals surface area contributed by atoms with Gasteiger partial charge in [0.25, 0.3) is 0 Å². The van der Waals surface area contributed by atoms with Crippen molar-refractivity contribution in [3.8, 4) is 0 Å². The smallest absolute Gasteiger partial charge is 0.334 e. The third-order valence-electron chi connectivity index (χ3n) is 2.86. The Kier molecular flexibility index (Phi) is 4.77. The number of urea groups is 1. The maximum Gasteiger partial charge on any atom is 0.334 e.